The summed E-state index contributed by atoms with van der Waals surface area (Å²) in [6.07, 6.45) is 0.944. The number of nitrogens with one attached hydrogen (secondary N) is 1. The first-order valence-electron chi connectivity index (χ1n) is 6.19. The van der Waals surface area contributed by atoms with Crippen LogP contribution < -0.4 is 5.32 Å². The highest BCUT2D eigenvalue weighted by Gasteiger charge is 2.26. The van der Waals surface area contributed by atoms with E-state index in [2.05, 4.69) is 5.32 Å². The van der Waals surface area contributed by atoms with Gasteiger partial charge in [0, 0.05) is 32.5 Å². The molecule has 1 fully saturated rings. The predicted octanol–water partition coefficient (Wildman–Crippen LogP) is 0.824. The number of hydrogen-bond acceptors (Lipinski definition) is 2. The molecule has 0 radical (unpaired) electrons. The molecule has 2 amide bonds. The number of carbonyl (C=O) groups excluding carboxylic acids is 2. The summed E-state index contributed by atoms with van der Waals surface area (Å²) in [5, 5.41) is 2.90. The Balaban J connectivity index is 1.74. The maximum Gasteiger partial charge on any atom is 0.224 e. The Hall–Kier alpha value is -1.84. The molecule has 0 aliphatic carbocycles. The molecule has 1 N–H and O–H groups in total. The molecule has 1 aliphatic rings. The van der Waals surface area contributed by atoms with E-state index in [1.165, 1.54) is 0 Å². The van der Waals surface area contributed by atoms with Crippen molar-refractivity contribution >= 4 is 11.8 Å². The summed E-state index contributed by atoms with van der Waals surface area (Å²) in [6, 6.07) is 9.65. The monoisotopic (exact) mass is 246 g/mol. The fraction of sp³-hybridized carbons (Fsp3) is 0.429. The van der Waals surface area contributed by atoms with Crippen molar-refractivity contribution in [2.45, 2.75) is 12.8 Å². The number of nitrogens with zero attached hydrogens (tertiary/aromatic N) is 1. The number of carbonyl (C=O) groups is 2. The highest BCUT2D eigenvalue weighted by Crippen LogP contribution is 2.14. The van der Waals surface area contributed by atoms with Crippen LogP contribution in [0, 0.1) is 5.92 Å². The van der Waals surface area contributed by atoms with E-state index in [1.807, 2.05) is 30.3 Å². The van der Waals surface area contributed by atoms with Crippen LogP contribution >= 0.6 is 0 Å². The van der Waals surface area contributed by atoms with Gasteiger partial charge in [0.2, 0.25) is 11.8 Å². The maximum absolute atomic E-state index is 11.7. The lowest BCUT2D eigenvalue weighted by molar-refractivity contribution is -0.126. The number of amides is 2. The molecule has 1 heterocycles. The van der Waals surface area contributed by atoms with Gasteiger partial charge in [-0.1, -0.05) is 30.3 Å². The first-order valence-corrected chi connectivity index (χ1v) is 6.19. The van der Waals surface area contributed by atoms with Gasteiger partial charge < -0.3 is 10.2 Å². The van der Waals surface area contributed by atoms with Gasteiger partial charge in [-0.3, -0.25) is 9.59 Å². The fourth-order valence-corrected chi connectivity index (χ4v) is 2.20. The van der Waals surface area contributed by atoms with Crippen molar-refractivity contribution in [1.29, 1.82) is 0 Å². The number of hydrogen-bond donors (Lipinski definition) is 1. The SMILES string of the molecule is CN1CC(CNC(=O)Cc2ccccc2)CC1=O. The van der Waals surface area contributed by atoms with Gasteiger partial charge in [-0.05, 0) is 5.56 Å². The number of likely N-dealkylation sites (tertiary alicyclic amines) is 1. The van der Waals surface area contributed by atoms with E-state index in [1.54, 1.807) is 11.9 Å². The minimum Gasteiger partial charge on any atom is -0.355 e. The zero-order valence-corrected chi connectivity index (χ0v) is 10.6. The highest BCUT2D eigenvalue weighted by atomic mass is 16.2. The molecule has 96 valence electrons. The fourth-order valence-electron chi connectivity index (χ4n) is 2.20. The lowest BCUT2D eigenvalue weighted by Crippen LogP contribution is -2.31. The molecule has 4 heteroatoms. The van der Waals surface area contributed by atoms with Crippen molar-refractivity contribution in [1.82, 2.24) is 10.2 Å². The van der Waals surface area contributed by atoms with E-state index < -0.39 is 0 Å². The molecule has 1 atom stereocenters. The van der Waals surface area contributed by atoms with Gasteiger partial charge in [0.25, 0.3) is 0 Å². The van der Waals surface area contributed by atoms with Crippen LogP contribution in [0.5, 0.6) is 0 Å². The molecule has 0 bridgehead atoms. The van der Waals surface area contributed by atoms with Crippen molar-refractivity contribution in [2.75, 3.05) is 20.1 Å². The van der Waals surface area contributed by atoms with Gasteiger partial charge in [0.05, 0.1) is 6.42 Å². The van der Waals surface area contributed by atoms with E-state index in [4.69, 9.17) is 0 Å². The van der Waals surface area contributed by atoms with Crippen LogP contribution in [0.2, 0.25) is 0 Å². The second-order valence-electron chi connectivity index (χ2n) is 4.81. The zero-order chi connectivity index (χ0) is 13.0. The molecule has 1 aromatic rings. The lowest BCUT2D eigenvalue weighted by Gasteiger charge is -2.11. The van der Waals surface area contributed by atoms with Gasteiger partial charge in [0.15, 0.2) is 0 Å². The van der Waals surface area contributed by atoms with Crippen LogP contribution in [0.25, 0.3) is 0 Å². The molecule has 0 spiro atoms. The maximum atomic E-state index is 11.7. The topological polar surface area (TPSA) is 49.4 Å². The van der Waals surface area contributed by atoms with Gasteiger partial charge in [-0.25, -0.2) is 0 Å². The summed E-state index contributed by atoms with van der Waals surface area (Å²) in [5.74, 6) is 0.433. The normalized spacial score (nSPS) is 19.1. The van der Waals surface area contributed by atoms with E-state index in [9.17, 15) is 9.59 Å². The summed E-state index contributed by atoms with van der Waals surface area (Å²) < 4.78 is 0. The Bertz CT molecular complexity index is 431. The Kier molecular flexibility index (Phi) is 3.97. The summed E-state index contributed by atoms with van der Waals surface area (Å²) in [7, 11) is 1.80. The first kappa shape index (κ1) is 12.6. The van der Waals surface area contributed by atoms with Crippen LogP contribution in [0.1, 0.15) is 12.0 Å². The molecule has 0 saturated carbocycles. The molecule has 2 rings (SSSR count). The van der Waals surface area contributed by atoms with E-state index in [0.29, 0.717) is 19.4 Å². The second kappa shape index (κ2) is 5.67. The largest absolute Gasteiger partial charge is 0.355 e. The third-order valence-electron chi connectivity index (χ3n) is 3.22. The molecule has 1 aliphatic heterocycles. The predicted molar refractivity (Wildman–Crippen MR) is 68.9 cm³/mol. The third-order valence-corrected chi connectivity index (χ3v) is 3.22. The molecular weight excluding hydrogens is 228 g/mol. The van der Waals surface area contributed by atoms with Crippen molar-refractivity contribution in [2.24, 2.45) is 5.92 Å². The smallest absolute Gasteiger partial charge is 0.224 e. The third kappa shape index (κ3) is 3.32. The van der Waals surface area contributed by atoms with Crippen molar-refractivity contribution in [3.05, 3.63) is 35.9 Å². The van der Waals surface area contributed by atoms with Crippen LogP contribution in [0.3, 0.4) is 0 Å². The first-order chi connectivity index (χ1) is 8.65. The molecule has 0 aromatic heterocycles. The standard InChI is InChI=1S/C14H18N2O2/c1-16-10-12(8-14(16)18)9-15-13(17)7-11-5-3-2-4-6-11/h2-6,12H,7-10H2,1H3,(H,15,17). The van der Waals surface area contributed by atoms with Crippen LogP contribution in [0.4, 0.5) is 0 Å². The summed E-state index contributed by atoms with van der Waals surface area (Å²) in [4.78, 5) is 24.8. The van der Waals surface area contributed by atoms with Crippen molar-refractivity contribution in [3.8, 4) is 0 Å². The quantitative estimate of drug-likeness (QED) is 0.855. The van der Waals surface area contributed by atoms with Gasteiger partial charge in [0.1, 0.15) is 0 Å². The van der Waals surface area contributed by atoms with Crippen molar-refractivity contribution in [3.63, 3.8) is 0 Å². The van der Waals surface area contributed by atoms with Gasteiger partial charge >= 0.3 is 0 Å². The molecule has 1 aromatic carbocycles. The minimum atomic E-state index is 0.0169. The van der Waals surface area contributed by atoms with Crippen LogP contribution in [-0.2, 0) is 16.0 Å². The summed E-state index contributed by atoms with van der Waals surface area (Å²) >= 11 is 0. The number of rotatable bonds is 4. The average Bonchev–Trinajstić information content (AvgIpc) is 2.68. The van der Waals surface area contributed by atoms with E-state index in [0.717, 1.165) is 12.1 Å². The second-order valence-corrected chi connectivity index (χ2v) is 4.81. The van der Waals surface area contributed by atoms with Crippen LogP contribution in [0.15, 0.2) is 30.3 Å². The molecule has 4 nitrogen and oxygen atoms in total. The van der Waals surface area contributed by atoms with Crippen LogP contribution in [-0.4, -0.2) is 36.9 Å². The molecule has 18 heavy (non-hydrogen) atoms. The Labute approximate surface area is 107 Å². The van der Waals surface area contributed by atoms with Crippen molar-refractivity contribution < 1.29 is 9.59 Å². The Morgan fingerprint density at radius 2 is 2.11 bits per heavy atom. The molecule has 1 saturated heterocycles. The molecular formula is C14H18N2O2. The summed E-state index contributed by atoms with van der Waals surface area (Å²) in [5.41, 5.74) is 1.01. The summed E-state index contributed by atoms with van der Waals surface area (Å²) in [6.45, 7) is 1.33. The average molecular weight is 246 g/mol. The minimum absolute atomic E-state index is 0.0169. The van der Waals surface area contributed by atoms with E-state index in [-0.39, 0.29) is 17.7 Å². The highest BCUT2D eigenvalue weighted by molar-refractivity contribution is 5.80. The van der Waals surface area contributed by atoms with Gasteiger partial charge in [-0.2, -0.15) is 0 Å². The van der Waals surface area contributed by atoms with Gasteiger partial charge in [-0.15, -0.1) is 0 Å². The zero-order valence-electron chi connectivity index (χ0n) is 10.6. The Morgan fingerprint density at radius 1 is 1.39 bits per heavy atom. The number of benzene rings is 1. The molecule has 1 unspecified atom stereocenters. The lowest BCUT2D eigenvalue weighted by atomic mass is 10.1. The van der Waals surface area contributed by atoms with E-state index >= 15 is 0 Å². The Morgan fingerprint density at radius 3 is 2.72 bits per heavy atom.